The smallest absolute Gasteiger partial charge is 0.279 e. The molecular formula is C20H20FN3O4. The van der Waals surface area contributed by atoms with Gasteiger partial charge in [-0.3, -0.25) is 25.2 Å². The second kappa shape index (κ2) is 8.51. The maximum Gasteiger partial charge on any atom is 0.279 e. The van der Waals surface area contributed by atoms with Gasteiger partial charge in [-0.15, -0.1) is 0 Å². The topological polar surface area (TPSA) is 87.7 Å². The number of nitrogens with zero attached hydrogens (tertiary/aromatic N) is 1. The second-order valence-electron chi connectivity index (χ2n) is 6.33. The minimum absolute atomic E-state index is 0.0185. The van der Waals surface area contributed by atoms with Crippen LogP contribution in [0.5, 0.6) is 5.75 Å². The van der Waals surface area contributed by atoms with Crippen molar-refractivity contribution in [3.05, 3.63) is 59.9 Å². The standard InChI is InChI=1S/C20H20FN3O4/c1-13(28-17-9-3-2-8-16(17)21)19(26)22-23-20(27)14-6-4-7-15(12-14)24-11-5-10-18(24)25/h2-4,6-9,12-13H,5,10-11H2,1H3,(H,22,26)(H,23,27)/t13-/m0/s1. The number of hydrogen-bond acceptors (Lipinski definition) is 4. The first kappa shape index (κ1) is 19.3. The predicted molar refractivity (Wildman–Crippen MR) is 100 cm³/mol. The van der Waals surface area contributed by atoms with E-state index in [2.05, 4.69) is 10.9 Å². The van der Waals surface area contributed by atoms with Crippen LogP contribution in [0.2, 0.25) is 0 Å². The molecule has 3 rings (SSSR count). The number of hydrogen-bond donors (Lipinski definition) is 2. The molecule has 2 aromatic carbocycles. The number of anilines is 1. The fourth-order valence-corrected chi connectivity index (χ4v) is 2.81. The predicted octanol–water partition coefficient (Wildman–Crippen LogP) is 2.18. The van der Waals surface area contributed by atoms with Crippen LogP contribution in [0, 0.1) is 5.82 Å². The van der Waals surface area contributed by atoms with Crippen molar-refractivity contribution in [2.75, 3.05) is 11.4 Å². The summed E-state index contributed by atoms with van der Waals surface area (Å²) in [5.74, 6) is -1.80. The molecule has 0 radical (unpaired) electrons. The van der Waals surface area contributed by atoms with Crippen LogP contribution >= 0.6 is 0 Å². The quantitative estimate of drug-likeness (QED) is 0.773. The van der Waals surface area contributed by atoms with Crippen molar-refractivity contribution in [1.29, 1.82) is 0 Å². The summed E-state index contributed by atoms with van der Waals surface area (Å²) in [6.45, 7) is 2.05. The summed E-state index contributed by atoms with van der Waals surface area (Å²) in [6.07, 6.45) is 0.253. The first-order valence-electron chi connectivity index (χ1n) is 8.87. The number of carbonyl (C=O) groups excluding carboxylic acids is 3. The first-order chi connectivity index (χ1) is 13.5. The van der Waals surface area contributed by atoms with Gasteiger partial charge in [0.05, 0.1) is 0 Å². The second-order valence-corrected chi connectivity index (χ2v) is 6.33. The Morgan fingerprint density at radius 2 is 1.93 bits per heavy atom. The Balaban J connectivity index is 1.57. The highest BCUT2D eigenvalue weighted by molar-refractivity contribution is 5.99. The molecule has 0 saturated carbocycles. The van der Waals surface area contributed by atoms with Crippen LogP contribution in [0.4, 0.5) is 10.1 Å². The summed E-state index contributed by atoms with van der Waals surface area (Å²) in [5.41, 5.74) is 5.47. The molecule has 1 atom stereocenters. The molecule has 0 spiro atoms. The highest BCUT2D eigenvalue weighted by Crippen LogP contribution is 2.22. The molecule has 1 fully saturated rings. The average molecular weight is 385 g/mol. The first-order valence-corrected chi connectivity index (χ1v) is 8.87. The van der Waals surface area contributed by atoms with Crippen LogP contribution < -0.4 is 20.5 Å². The van der Waals surface area contributed by atoms with Gasteiger partial charge in [-0.05, 0) is 43.7 Å². The van der Waals surface area contributed by atoms with Crippen LogP contribution in [-0.4, -0.2) is 30.4 Å². The molecule has 146 valence electrons. The number of ether oxygens (including phenoxy) is 1. The van der Waals surface area contributed by atoms with E-state index >= 15 is 0 Å². The lowest BCUT2D eigenvalue weighted by molar-refractivity contribution is -0.128. The minimum atomic E-state index is -1.02. The molecule has 7 nitrogen and oxygen atoms in total. The monoisotopic (exact) mass is 385 g/mol. The molecule has 8 heteroatoms. The fourth-order valence-electron chi connectivity index (χ4n) is 2.81. The van der Waals surface area contributed by atoms with Gasteiger partial charge in [-0.2, -0.15) is 0 Å². The van der Waals surface area contributed by atoms with Crippen LogP contribution in [0.25, 0.3) is 0 Å². The molecule has 0 unspecified atom stereocenters. The van der Waals surface area contributed by atoms with E-state index in [1.807, 2.05) is 0 Å². The number of rotatable bonds is 5. The van der Waals surface area contributed by atoms with E-state index in [9.17, 15) is 18.8 Å². The van der Waals surface area contributed by atoms with Crippen LogP contribution in [0.15, 0.2) is 48.5 Å². The third-order valence-electron chi connectivity index (χ3n) is 4.30. The highest BCUT2D eigenvalue weighted by atomic mass is 19.1. The molecule has 1 aliphatic rings. The number of nitrogens with one attached hydrogen (secondary N) is 2. The van der Waals surface area contributed by atoms with E-state index in [1.54, 1.807) is 35.2 Å². The van der Waals surface area contributed by atoms with Crippen molar-refractivity contribution in [3.63, 3.8) is 0 Å². The van der Waals surface area contributed by atoms with Gasteiger partial charge in [0, 0.05) is 24.2 Å². The molecule has 0 aromatic heterocycles. The van der Waals surface area contributed by atoms with E-state index in [0.29, 0.717) is 24.2 Å². The number of halogens is 1. The van der Waals surface area contributed by atoms with E-state index in [-0.39, 0.29) is 11.7 Å². The Morgan fingerprint density at radius 3 is 2.64 bits per heavy atom. The lowest BCUT2D eigenvalue weighted by Crippen LogP contribution is -2.47. The summed E-state index contributed by atoms with van der Waals surface area (Å²) >= 11 is 0. The largest absolute Gasteiger partial charge is 0.478 e. The molecule has 1 saturated heterocycles. The Kier molecular flexibility index (Phi) is 5.88. The maximum atomic E-state index is 13.6. The molecule has 0 aliphatic carbocycles. The molecule has 0 bridgehead atoms. The van der Waals surface area contributed by atoms with E-state index in [0.717, 1.165) is 6.42 Å². The third kappa shape index (κ3) is 4.46. The van der Waals surface area contributed by atoms with E-state index in [1.165, 1.54) is 25.1 Å². The lowest BCUT2D eigenvalue weighted by atomic mass is 10.2. The van der Waals surface area contributed by atoms with Gasteiger partial charge in [0.15, 0.2) is 17.7 Å². The van der Waals surface area contributed by atoms with E-state index < -0.39 is 23.7 Å². The number of benzene rings is 2. The summed E-state index contributed by atoms with van der Waals surface area (Å²) < 4.78 is 18.8. The summed E-state index contributed by atoms with van der Waals surface area (Å²) in [6, 6.07) is 12.3. The number of para-hydroxylation sites is 1. The van der Waals surface area contributed by atoms with E-state index in [4.69, 9.17) is 4.74 Å². The number of amides is 3. The third-order valence-corrected chi connectivity index (χ3v) is 4.30. The van der Waals surface area contributed by atoms with Gasteiger partial charge >= 0.3 is 0 Å². The molecule has 1 aliphatic heterocycles. The highest BCUT2D eigenvalue weighted by Gasteiger charge is 2.22. The molecule has 1 heterocycles. The SMILES string of the molecule is C[C@H](Oc1ccccc1F)C(=O)NNC(=O)c1cccc(N2CCCC2=O)c1. The molecule has 2 N–H and O–H groups in total. The van der Waals surface area contributed by atoms with Crippen molar-refractivity contribution in [2.45, 2.75) is 25.9 Å². The Labute approximate surface area is 161 Å². The summed E-state index contributed by atoms with van der Waals surface area (Å²) in [5, 5.41) is 0. The normalized spacial score (nSPS) is 14.5. The lowest BCUT2D eigenvalue weighted by Gasteiger charge is -2.17. The summed E-state index contributed by atoms with van der Waals surface area (Å²) in [4.78, 5) is 37.9. The zero-order valence-electron chi connectivity index (χ0n) is 15.3. The molecule has 2 aromatic rings. The number of hydrazine groups is 1. The molecule has 28 heavy (non-hydrogen) atoms. The maximum absolute atomic E-state index is 13.6. The zero-order valence-corrected chi connectivity index (χ0v) is 15.3. The van der Waals surface area contributed by atoms with Crippen LogP contribution in [0.1, 0.15) is 30.1 Å². The Morgan fingerprint density at radius 1 is 1.14 bits per heavy atom. The van der Waals surface area contributed by atoms with Gasteiger partial charge in [-0.1, -0.05) is 18.2 Å². The van der Waals surface area contributed by atoms with Gasteiger partial charge in [0.1, 0.15) is 0 Å². The van der Waals surface area contributed by atoms with Crippen molar-refractivity contribution in [3.8, 4) is 5.75 Å². The molecular weight excluding hydrogens is 365 g/mol. The Hall–Kier alpha value is -3.42. The number of carbonyl (C=O) groups is 3. The molecule has 3 amide bonds. The fraction of sp³-hybridized carbons (Fsp3) is 0.250. The van der Waals surface area contributed by atoms with Crippen molar-refractivity contribution in [2.24, 2.45) is 0 Å². The van der Waals surface area contributed by atoms with Gasteiger partial charge in [0.2, 0.25) is 5.91 Å². The van der Waals surface area contributed by atoms with Crippen LogP contribution in [0.3, 0.4) is 0 Å². The van der Waals surface area contributed by atoms with Gasteiger partial charge in [-0.25, -0.2) is 4.39 Å². The zero-order chi connectivity index (χ0) is 20.1. The van der Waals surface area contributed by atoms with Gasteiger partial charge < -0.3 is 9.64 Å². The van der Waals surface area contributed by atoms with Gasteiger partial charge in [0.25, 0.3) is 11.8 Å². The average Bonchev–Trinajstić information content (AvgIpc) is 3.13. The minimum Gasteiger partial charge on any atom is -0.478 e. The van der Waals surface area contributed by atoms with Crippen LogP contribution in [-0.2, 0) is 9.59 Å². The van der Waals surface area contributed by atoms with Crippen molar-refractivity contribution in [1.82, 2.24) is 10.9 Å². The van der Waals surface area contributed by atoms with Crippen molar-refractivity contribution < 1.29 is 23.5 Å². The Bertz CT molecular complexity index is 903. The van der Waals surface area contributed by atoms with Crippen molar-refractivity contribution >= 4 is 23.4 Å². The summed E-state index contributed by atoms with van der Waals surface area (Å²) in [7, 11) is 0.